The first kappa shape index (κ1) is 16.6. The summed E-state index contributed by atoms with van der Waals surface area (Å²) >= 11 is 0. The van der Waals surface area contributed by atoms with Gasteiger partial charge in [0.2, 0.25) is 0 Å². The Morgan fingerprint density at radius 2 is 2.21 bits per heavy atom. The molecular formula is C18H23FN4O. The van der Waals surface area contributed by atoms with Gasteiger partial charge in [0.25, 0.3) is 5.91 Å². The number of nitrogens with zero attached hydrogens (tertiary/aromatic N) is 2. The molecule has 0 aliphatic carbocycles. The lowest BCUT2D eigenvalue weighted by atomic mass is 9.96. The van der Waals surface area contributed by atoms with Crippen LogP contribution >= 0.6 is 0 Å². The molecular weight excluding hydrogens is 307 g/mol. The topological polar surface area (TPSA) is 59.0 Å². The van der Waals surface area contributed by atoms with Crippen LogP contribution in [0.4, 0.5) is 4.39 Å². The number of benzene rings is 1. The second kappa shape index (κ2) is 7.57. The smallest absolute Gasteiger partial charge is 0.254 e. The SMILES string of the molecule is Cc1c(C(=O)NCCC2CCCNC2)cnn1-c1ccc(F)cc1. The zero-order valence-corrected chi connectivity index (χ0v) is 13.9. The molecule has 1 aliphatic heterocycles. The lowest BCUT2D eigenvalue weighted by molar-refractivity contribution is 0.0950. The van der Waals surface area contributed by atoms with E-state index in [0.717, 1.165) is 30.9 Å². The third-order valence-electron chi connectivity index (χ3n) is 4.56. The molecule has 0 spiro atoms. The first-order chi connectivity index (χ1) is 11.6. The first-order valence-corrected chi connectivity index (χ1v) is 8.44. The number of amides is 1. The van der Waals surface area contributed by atoms with Crippen molar-refractivity contribution in [3.8, 4) is 5.69 Å². The molecule has 0 saturated carbocycles. The third-order valence-corrected chi connectivity index (χ3v) is 4.56. The predicted octanol–water partition coefficient (Wildman–Crippen LogP) is 2.44. The van der Waals surface area contributed by atoms with E-state index in [1.54, 1.807) is 23.0 Å². The quantitative estimate of drug-likeness (QED) is 0.885. The van der Waals surface area contributed by atoms with Crippen molar-refractivity contribution in [2.24, 2.45) is 5.92 Å². The van der Waals surface area contributed by atoms with Crippen LogP contribution in [0.15, 0.2) is 30.5 Å². The Labute approximate surface area is 141 Å². The second-order valence-corrected chi connectivity index (χ2v) is 6.29. The summed E-state index contributed by atoms with van der Waals surface area (Å²) < 4.78 is 14.7. The molecule has 1 aromatic carbocycles. The van der Waals surface area contributed by atoms with Crippen LogP contribution in [0.25, 0.3) is 5.69 Å². The van der Waals surface area contributed by atoms with Crippen LogP contribution in [-0.2, 0) is 0 Å². The van der Waals surface area contributed by atoms with Crippen LogP contribution in [0.2, 0.25) is 0 Å². The molecule has 1 amide bonds. The van der Waals surface area contributed by atoms with Crippen LogP contribution in [-0.4, -0.2) is 35.3 Å². The number of halogens is 1. The Morgan fingerprint density at radius 1 is 1.42 bits per heavy atom. The van der Waals surface area contributed by atoms with Crippen molar-refractivity contribution in [1.82, 2.24) is 20.4 Å². The van der Waals surface area contributed by atoms with Crippen molar-refractivity contribution in [2.45, 2.75) is 26.2 Å². The van der Waals surface area contributed by atoms with Crippen LogP contribution in [0.1, 0.15) is 35.3 Å². The monoisotopic (exact) mass is 330 g/mol. The summed E-state index contributed by atoms with van der Waals surface area (Å²) in [5, 5.41) is 10.6. The van der Waals surface area contributed by atoms with Gasteiger partial charge in [-0.3, -0.25) is 4.79 Å². The highest BCUT2D eigenvalue weighted by Crippen LogP contribution is 2.16. The van der Waals surface area contributed by atoms with Gasteiger partial charge in [0.1, 0.15) is 5.82 Å². The van der Waals surface area contributed by atoms with Crippen molar-refractivity contribution in [2.75, 3.05) is 19.6 Å². The van der Waals surface area contributed by atoms with Gasteiger partial charge in [-0.05, 0) is 69.5 Å². The van der Waals surface area contributed by atoms with Crippen LogP contribution < -0.4 is 10.6 Å². The fourth-order valence-electron chi connectivity index (χ4n) is 3.13. The average Bonchev–Trinajstić information content (AvgIpc) is 2.98. The molecule has 1 aromatic heterocycles. The number of aromatic nitrogens is 2. The minimum atomic E-state index is -0.293. The van der Waals surface area contributed by atoms with Gasteiger partial charge in [-0.15, -0.1) is 0 Å². The summed E-state index contributed by atoms with van der Waals surface area (Å²) in [6, 6.07) is 6.06. The maximum absolute atomic E-state index is 13.0. The molecule has 2 N–H and O–H groups in total. The number of hydrogen-bond donors (Lipinski definition) is 2. The molecule has 24 heavy (non-hydrogen) atoms. The molecule has 3 rings (SSSR count). The Balaban J connectivity index is 1.60. The third kappa shape index (κ3) is 3.82. The zero-order chi connectivity index (χ0) is 16.9. The highest BCUT2D eigenvalue weighted by Gasteiger charge is 2.16. The highest BCUT2D eigenvalue weighted by atomic mass is 19.1. The summed E-state index contributed by atoms with van der Waals surface area (Å²) in [4.78, 5) is 12.4. The van der Waals surface area contributed by atoms with Crippen LogP contribution in [0, 0.1) is 18.7 Å². The fourth-order valence-corrected chi connectivity index (χ4v) is 3.13. The largest absolute Gasteiger partial charge is 0.352 e. The molecule has 0 bridgehead atoms. The van der Waals surface area contributed by atoms with Gasteiger partial charge in [-0.1, -0.05) is 0 Å². The average molecular weight is 330 g/mol. The van der Waals surface area contributed by atoms with E-state index >= 15 is 0 Å². The molecule has 5 nitrogen and oxygen atoms in total. The molecule has 0 radical (unpaired) electrons. The van der Waals surface area contributed by atoms with Crippen molar-refractivity contribution >= 4 is 5.91 Å². The van der Waals surface area contributed by atoms with E-state index in [1.807, 2.05) is 6.92 Å². The fraction of sp³-hybridized carbons (Fsp3) is 0.444. The minimum absolute atomic E-state index is 0.107. The van der Waals surface area contributed by atoms with Crippen molar-refractivity contribution in [3.05, 3.63) is 47.5 Å². The van der Waals surface area contributed by atoms with Gasteiger partial charge < -0.3 is 10.6 Å². The maximum Gasteiger partial charge on any atom is 0.254 e. The summed E-state index contributed by atoms with van der Waals surface area (Å²) in [6.45, 7) is 4.66. The minimum Gasteiger partial charge on any atom is -0.352 e. The summed E-state index contributed by atoms with van der Waals surface area (Å²) in [7, 11) is 0. The second-order valence-electron chi connectivity index (χ2n) is 6.29. The van der Waals surface area contributed by atoms with Gasteiger partial charge in [0.05, 0.1) is 23.1 Å². The number of carbonyl (C=O) groups is 1. The lowest BCUT2D eigenvalue weighted by Gasteiger charge is -2.22. The molecule has 1 unspecified atom stereocenters. The van der Waals surface area contributed by atoms with E-state index < -0.39 is 0 Å². The number of rotatable bonds is 5. The van der Waals surface area contributed by atoms with E-state index in [0.29, 0.717) is 18.0 Å². The molecule has 128 valence electrons. The van der Waals surface area contributed by atoms with Gasteiger partial charge in [0.15, 0.2) is 0 Å². The molecule has 1 aliphatic rings. The van der Waals surface area contributed by atoms with Crippen LogP contribution in [0.3, 0.4) is 0 Å². The van der Waals surface area contributed by atoms with E-state index in [-0.39, 0.29) is 11.7 Å². The maximum atomic E-state index is 13.0. The highest BCUT2D eigenvalue weighted by molar-refractivity contribution is 5.95. The summed E-state index contributed by atoms with van der Waals surface area (Å²) in [5.74, 6) is 0.241. The Morgan fingerprint density at radius 3 is 2.92 bits per heavy atom. The molecule has 6 heteroatoms. The first-order valence-electron chi connectivity index (χ1n) is 8.44. The summed E-state index contributed by atoms with van der Waals surface area (Å²) in [5.41, 5.74) is 2.04. The molecule has 2 aromatic rings. The zero-order valence-electron chi connectivity index (χ0n) is 13.9. The number of carbonyl (C=O) groups excluding carboxylic acids is 1. The van der Waals surface area contributed by atoms with Crippen molar-refractivity contribution in [1.29, 1.82) is 0 Å². The Hall–Kier alpha value is -2.21. The van der Waals surface area contributed by atoms with Gasteiger partial charge in [-0.2, -0.15) is 5.10 Å². The van der Waals surface area contributed by atoms with Gasteiger partial charge in [-0.25, -0.2) is 9.07 Å². The van der Waals surface area contributed by atoms with Gasteiger partial charge in [0, 0.05) is 6.54 Å². The lowest BCUT2D eigenvalue weighted by Crippen LogP contribution is -2.33. The predicted molar refractivity (Wildman–Crippen MR) is 90.8 cm³/mol. The van der Waals surface area contributed by atoms with E-state index in [2.05, 4.69) is 15.7 Å². The molecule has 2 heterocycles. The van der Waals surface area contributed by atoms with Crippen molar-refractivity contribution in [3.63, 3.8) is 0 Å². The van der Waals surface area contributed by atoms with Crippen molar-refractivity contribution < 1.29 is 9.18 Å². The van der Waals surface area contributed by atoms with E-state index in [4.69, 9.17) is 0 Å². The number of piperidine rings is 1. The normalized spacial score (nSPS) is 17.7. The molecule has 1 fully saturated rings. The Bertz CT molecular complexity index is 690. The van der Waals surface area contributed by atoms with E-state index in [9.17, 15) is 9.18 Å². The van der Waals surface area contributed by atoms with E-state index in [1.165, 1.54) is 25.0 Å². The molecule has 1 saturated heterocycles. The van der Waals surface area contributed by atoms with Gasteiger partial charge >= 0.3 is 0 Å². The molecule has 1 atom stereocenters. The summed E-state index contributed by atoms with van der Waals surface area (Å²) in [6.07, 6.45) is 4.99. The number of hydrogen-bond acceptors (Lipinski definition) is 3. The van der Waals surface area contributed by atoms with Crippen LogP contribution in [0.5, 0.6) is 0 Å². The Kier molecular flexibility index (Phi) is 5.25. The standard InChI is InChI=1S/C18H23FN4O/c1-13-17(12-22-23(13)16-6-4-15(19)5-7-16)18(24)21-10-8-14-3-2-9-20-11-14/h4-7,12,14,20H,2-3,8-11H2,1H3,(H,21,24). The number of nitrogens with one attached hydrogen (secondary N) is 2.